The Kier molecular flexibility index (Phi) is 6.32. The molecule has 0 unspecified atom stereocenters. The highest BCUT2D eigenvalue weighted by Gasteiger charge is 2.10. The van der Waals surface area contributed by atoms with E-state index in [0.29, 0.717) is 5.69 Å². The molecule has 0 saturated heterocycles. The number of ether oxygens (including phenoxy) is 1. The molecule has 2 N–H and O–H groups in total. The molecular formula is C18H20N2O3. The number of carbonyl (C=O) groups is 2. The van der Waals surface area contributed by atoms with Gasteiger partial charge in [0.1, 0.15) is 13.2 Å². The highest BCUT2D eigenvalue weighted by Crippen LogP contribution is 2.10. The minimum Gasteiger partial charge on any atom is -0.362 e. The second kappa shape index (κ2) is 8.70. The van der Waals surface area contributed by atoms with Gasteiger partial charge in [-0.2, -0.15) is 0 Å². The zero-order valence-corrected chi connectivity index (χ0v) is 13.0. The first-order valence-corrected chi connectivity index (χ1v) is 7.42. The van der Waals surface area contributed by atoms with Crippen LogP contribution >= 0.6 is 0 Å². The van der Waals surface area contributed by atoms with Gasteiger partial charge >= 0.3 is 0 Å². The van der Waals surface area contributed by atoms with Crippen LogP contribution in [-0.2, 0) is 14.3 Å². The molecule has 0 aliphatic carbocycles. The summed E-state index contributed by atoms with van der Waals surface area (Å²) in [6.07, 6.45) is 0. The summed E-state index contributed by atoms with van der Waals surface area (Å²) in [5.74, 6) is -0.547. The molecular weight excluding hydrogens is 292 g/mol. The zero-order valence-electron chi connectivity index (χ0n) is 13.0. The molecule has 5 heteroatoms. The van der Waals surface area contributed by atoms with E-state index < -0.39 is 0 Å². The number of hydrogen-bond acceptors (Lipinski definition) is 3. The molecule has 0 spiro atoms. The smallest absolute Gasteiger partial charge is 0.250 e. The van der Waals surface area contributed by atoms with Crippen molar-refractivity contribution in [3.05, 3.63) is 66.2 Å². The van der Waals surface area contributed by atoms with Crippen molar-refractivity contribution in [2.24, 2.45) is 0 Å². The summed E-state index contributed by atoms with van der Waals surface area (Å²) >= 11 is 0. The Morgan fingerprint density at radius 1 is 0.913 bits per heavy atom. The maximum absolute atomic E-state index is 11.8. The average molecular weight is 312 g/mol. The summed E-state index contributed by atoms with van der Waals surface area (Å²) < 4.78 is 5.14. The van der Waals surface area contributed by atoms with E-state index >= 15 is 0 Å². The lowest BCUT2D eigenvalue weighted by Gasteiger charge is -2.14. The van der Waals surface area contributed by atoms with Crippen LogP contribution in [-0.4, -0.2) is 25.0 Å². The van der Waals surface area contributed by atoms with E-state index in [4.69, 9.17) is 4.74 Å². The quantitative estimate of drug-likeness (QED) is 0.825. The van der Waals surface area contributed by atoms with Crippen molar-refractivity contribution in [1.82, 2.24) is 5.32 Å². The van der Waals surface area contributed by atoms with Crippen molar-refractivity contribution in [1.29, 1.82) is 0 Å². The number of carbonyl (C=O) groups excluding carboxylic acids is 2. The van der Waals surface area contributed by atoms with E-state index in [0.717, 1.165) is 5.56 Å². The van der Waals surface area contributed by atoms with Gasteiger partial charge in [0.15, 0.2) is 0 Å². The fourth-order valence-electron chi connectivity index (χ4n) is 2.06. The summed E-state index contributed by atoms with van der Waals surface area (Å²) in [6, 6.07) is 18.6. The Labute approximate surface area is 135 Å². The normalized spacial score (nSPS) is 11.5. The van der Waals surface area contributed by atoms with Crippen LogP contribution in [0.25, 0.3) is 0 Å². The summed E-state index contributed by atoms with van der Waals surface area (Å²) in [4.78, 5) is 23.5. The number of hydrogen-bond donors (Lipinski definition) is 2. The molecule has 120 valence electrons. The first-order valence-electron chi connectivity index (χ1n) is 7.42. The van der Waals surface area contributed by atoms with Crippen LogP contribution < -0.4 is 10.6 Å². The van der Waals surface area contributed by atoms with E-state index in [1.165, 1.54) is 0 Å². The van der Waals surface area contributed by atoms with Gasteiger partial charge < -0.3 is 15.4 Å². The number of amides is 2. The van der Waals surface area contributed by atoms with Crippen molar-refractivity contribution in [3.63, 3.8) is 0 Å². The molecule has 1 atom stereocenters. The first-order chi connectivity index (χ1) is 11.1. The molecule has 23 heavy (non-hydrogen) atoms. The Morgan fingerprint density at radius 2 is 1.48 bits per heavy atom. The fraction of sp³-hybridized carbons (Fsp3) is 0.222. The molecule has 0 heterocycles. The number of rotatable bonds is 7. The van der Waals surface area contributed by atoms with E-state index in [1.54, 1.807) is 12.1 Å². The van der Waals surface area contributed by atoms with Gasteiger partial charge in [-0.1, -0.05) is 48.5 Å². The monoisotopic (exact) mass is 312 g/mol. The Morgan fingerprint density at radius 3 is 2.13 bits per heavy atom. The Balaban J connectivity index is 1.67. The summed E-state index contributed by atoms with van der Waals surface area (Å²) in [5, 5.41) is 5.51. The average Bonchev–Trinajstić information content (AvgIpc) is 2.56. The highest BCUT2D eigenvalue weighted by molar-refractivity contribution is 5.91. The molecule has 0 radical (unpaired) electrons. The second-order valence-corrected chi connectivity index (χ2v) is 5.11. The van der Waals surface area contributed by atoms with Gasteiger partial charge in [-0.15, -0.1) is 0 Å². The number of anilines is 1. The van der Waals surface area contributed by atoms with Crippen molar-refractivity contribution in [3.8, 4) is 0 Å². The lowest BCUT2D eigenvalue weighted by atomic mass is 10.1. The number of benzene rings is 2. The molecule has 2 aromatic carbocycles. The molecule has 2 rings (SSSR count). The van der Waals surface area contributed by atoms with Crippen LogP contribution in [0.5, 0.6) is 0 Å². The van der Waals surface area contributed by atoms with Gasteiger partial charge in [-0.05, 0) is 24.6 Å². The van der Waals surface area contributed by atoms with Crippen LogP contribution in [0, 0.1) is 0 Å². The van der Waals surface area contributed by atoms with Crippen molar-refractivity contribution < 1.29 is 14.3 Å². The van der Waals surface area contributed by atoms with Crippen LogP contribution in [0.3, 0.4) is 0 Å². The minimum absolute atomic E-state index is 0.106. The summed E-state index contributed by atoms with van der Waals surface area (Å²) in [5.41, 5.74) is 1.71. The topological polar surface area (TPSA) is 67.4 Å². The predicted octanol–water partition coefficient (Wildman–Crippen LogP) is 2.52. The maximum atomic E-state index is 11.8. The Hall–Kier alpha value is -2.66. The predicted molar refractivity (Wildman–Crippen MR) is 88.9 cm³/mol. The molecule has 2 aromatic rings. The highest BCUT2D eigenvalue weighted by atomic mass is 16.5. The molecule has 0 fully saturated rings. The molecule has 0 aliphatic rings. The van der Waals surface area contributed by atoms with Gasteiger partial charge in [0.2, 0.25) is 11.8 Å². The summed E-state index contributed by atoms with van der Waals surface area (Å²) in [6.45, 7) is 1.58. The Bertz CT molecular complexity index is 629. The van der Waals surface area contributed by atoms with Gasteiger partial charge in [0.25, 0.3) is 0 Å². The lowest BCUT2D eigenvalue weighted by molar-refractivity contribution is -0.129. The van der Waals surface area contributed by atoms with Crippen LogP contribution in [0.15, 0.2) is 60.7 Å². The van der Waals surface area contributed by atoms with Crippen LogP contribution in [0.2, 0.25) is 0 Å². The molecule has 0 bridgehead atoms. The van der Waals surface area contributed by atoms with Gasteiger partial charge in [0.05, 0.1) is 6.04 Å². The summed E-state index contributed by atoms with van der Waals surface area (Å²) in [7, 11) is 0. The number of para-hydroxylation sites is 1. The first kappa shape index (κ1) is 16.7. The van der Waals surface area contributed by atoms with E-state index in [-0.39, 0.29) is 31.1 Å². The third-order valence-corrected chi connectivity index (χ3v) is 3.20. The zero-order chi connectivity index (χ0) is 16.5. The maximum Gasteiger partial charge on any atom is 0.250 e. The minimum atomic E-state index is -0.292. The van der Waals surface area contributed by atoms with E-state index in [9.17, 15) is 9.59 Å². The third-order valence-electron chi connectivity index (χ3n) is 3.20. The standard InChI is InChI=1S/C18H20N2O3/c1-14(15-8-4-2-5-9-15)19-17(21)12-23-13-18(22)20-16-10-6-3-7-11-16/h2-11,14H,12-13H2,1H3,(H,19,21)(H,20,22)/t14-/m1/s1. The van der Waals surface area contributed by atoms with Crippen LogP contribution in [0.4, 0.5) is 5.69 Å². The largest absolute Gasteiger partial charge is 0.362 e. The fourth-order valence-corrected chi connectivity index (χ4v) is 2.06. The van der Waals surface area contributed by atoms with E-state index in [1.807, 2.05) is 55.5 Å². The van der Waals surface area contributed by atoms with Crippen LogP contribution in [0.1, 0.15) is 18.5 Å². The molecule has 0 saturated carbocycles. The van der Waals surface area contributed by atoms with Gasteiger partial charge in [-0.3, -0.25) is 9.59 Å². The molecule has 0 aromatic heterocycles. The molecule has 5 nitrogen and oxygen atoms in total. The third kappa shape index (κ3) is 5.92. The van der Waals surface area contributed by atoms with Gasteiger partial charge in [0, 0.05) is 5.69 Å². The SMILES string of the molecule is C[C@@H](NC(=O)COCC(=O)Nc1ccccc1)c1ccccc1. The number of nitrogens with one attached hydrogen (secondary N) is 2. The van der Waals surface area contributed by atoms with Crippen molar-refractivity contribution in [2.75, 3.05) is 18.5 Å². The van der Waals surface area contributed by atoms with Gasteiger partial charge in [-0.25, -0.2) is 0 Å². The van der Waals surface area contributed by atoms with Crippen molar-refractivity contribution >= 4 is 17.5 Å². The lowest BCUT2D eigenvalue weighted by Crippen LogP contribution is -2.31. The molecule has 0 aliphatic heterocycles. The molecule has 2 amide bonds. The second-order valence-electron chi connectivity index (χ2n) is 5.11. The van der Waals surface area contributed by atoms with Crippen molar-refractivity contribution in [2.45, 2.75) is 13.0 Å². The van der Waals surface area contributed by atoms with E-state index in [2.05, 4.69) is 10.6 Å².